The molecule has 0 aliphatic rings. The van der Waals surface area contributed by atoms with Gasteiger partial charge in [-0.1, -0.05) is 6.07 Å². The lowest BCUT2D eigenvalue weighted by atomic mass is 10.2. The number of halogens is 1. The zero-order valence-corrected chi connectivity index (χ0v) is 7.41. The van der Waals surface area contributed by atoms with Crippen molar-refractivity contribution in [2.24, 2.45) is 5.73 Å². The molecule has 0 bridgehead atoms. The molecular formula is C8H9FN2S. The molecule has 12 heavy (non-hydrogen) atoms. The number of hydrogen-bond donors (Lipinski definition) is 2. The van der Waals surface area contributed by atoms with Crippen molar-refractivity contribution in [3.8, 4) is 0 Å². The molecule has 1 aromatic rings. The summed E-state index contributed by atoms with van der Waals surface area (Å²) in [5.74, 6) is -0.267. The minimum atomic E-state index is -0.267. The van der Waals surface area contributed by atoms with E-state index in [1.54, 1.807) is 19.1 Å². The third kappa shape index (κ3) is 2.17. The summed E-state index contributed by atoms with van der Waals surface area (Å²) in [7, 11) is 0. The second-order valence-electron chi connectivity index (χ2n) is 2.45. The van der Waals surface area contributed by atoms with E-state index < -0.39 is 0 Å². The van der Waals surface area contributed by atoms with E-state index in [2.05, 4.69) is 17.5 Å². The quantitative estimate of drug-likeness (QED) is 0.653. The van der Waals surface area contributed by atoms with E-state index >= 15 is 0 Å². The smallest absolute Gasteiger partial charge is 0.168 e. The number of aryl methyl sites for hydroxylation is 1. The van der Waals surface area contributed by atoms with E-state index in [1.165, 1.54) is 6.07 Å². The molecule has 0 saturated heterocycles. The van der Waals surface area contributed by atoms with Gasteiger partial charge < -0.3 is 11.1 Å². The van der Waals surface area contributed by atoms with Crippen molar-refractivity contribution < 1.29 is 4.39 Å². The topological polar surface area (TPSA) is 38.0 Å². The second-order valence-corrected chi connectivity index (χ2v) is 2.89. The zero-order valence-electron chi connectivity index (χ0n) is 6.60. The largest absolute Gasteiger partial charge is 0.376 e. The molecule has 0 unspecified atom stereocenters. The van der Waals surface area contributed by atoms with Crippen molar-refractivity contribution in [3.05, 3.63) is 29.6 Å². The number of hydrogen-bond acceptors (Lipinski definition) is 1. The molecule has 0 heterocycles. The highest BCUT2D eigenvalue weighted by atomic mass is 32.1. The Morgan fingerprint density at radius 1 is 1.58 bits per heavy atom. The third-order valence-corrected chi connectivity index (χ3v) is 1.54. The lowest BCUT2D eigenvalue weighted by Gasteiger charge is -2.04. The number of thiocarbonyl (C=S) groups is 1. The first-order chi connectivity index (χ1) is 5.59. The number of nitrogens with one attached hydrogen (secondary N) is 1. The summed E-state index contributed by atoms with van der Waals surface area (Å²) in [6.07, 6.45) is 0. The predicted octanol–water partition coefficient (Wildman–Crippen LogP) is 1.79. The number of nitrogens with two attached hydrogens (primary N) is 1. The van der Waals surface area contributed by atoms with Gasteiger partial charge in [-0.15, -0.1) is 0 Å². The molecule has 2 nitrogen and oxygen atoms in total. The van der Waals surface area contributed by atoms with Crippen molar-refractivity contribution in [2.75, 3.05) is 5.32 Å². The molecule has 0 fully saturated rings. The first-order valence-electron chi connectivity index (χ1n) is 3.42. The second kappa shape index (κ2) is 3.49. The summed E-state index contributed by atoms with van der Waals surface area (Å²) >= 11 is 4.60. The van der Waals surface area contributed by atoms with Gasteiger partial charge in [0, 0.05) is 5.69 Å². The molecule has 4 heteroatoms. The van der Waals surface area contributed by atoms with Gasteiger partial charge in [0.25, 0.3) is 0 Å². The summed E-state index contributed by atoms with van der Waals surface area (Å²) in [6, 6.07) is 4.74. The first-order valence-corrected chi connectivity index (χ1v) is 3.83. The van der Waals surface area contributed by atoms with Crippen molar-refractivity contribution in [1.29, 1.82) is 0 Å². The van der Waals surface area contributed by atoms with Crippen LogP contribution in [0, 0.1) is 12.7 Å². The van der Waals surface area contributed by atoms with Gasteiger partial charge in [-0.3, -0.25) is 0 Å². The Kier molecular flexibility index (Phi) is 2.60. The van der Waals surface area contributed by atoms with Crippen LogP contribution >= 0.6 is 12.2 Å². The molecule has 0 aliphatic heterocycles. The first kappa shape index (κ1) is 8.93. The molecule has 0 spiro atoms. The van der Waals surface area contributed by atoms with Crippen LogP contribution in [0.2, 0.25) is 0 Å². The van der Waals surface area contributed by atoms with Crippen molar-refractivity contribution in [2.45, 2.75) is 6.92 Å². The molecule has 0 radical (unpaired) electrons. The van der Waals surface area contributed by atoms with Crippen LogP contribution in [0.25, 0.3) is 0 Å². The Bertz CT molecular complexity index is 312. The van der Waals surface area contributed by atoms with Crippen LogP contribution in [-0.4, -0.2) is 5.11 Å². The zero-order chi connectivity index (χ0) is 9.14. The average Bonchev–Trinajstić information content (AvgIpc) is 1.96. The Morgan fingerprint density at radius 3 is 2.75 bits per heavy atom. The Hall–Kier alpha value is -1.16. The van der Waals surface area contributed by atoms with Crippen LogP contribution in [0.15, 0.2) is 18.2 Å². The molecule has 0 amide bonds. The maximum Gasteiger partial charge on any atom is 0.168 e. The van der Waals surface area contributed by atoms with E-state index in [1.807, 2.05) is 0 Å². The number of rotatable bonds is 1. The van der Waals surface area contributed by atoms with E-state index in [0.717, 1.165) is 0 Å². The van der Waals surface area contributed by atoms with Crippen molar-refractivity contribution in [3.63, 3.8) is 0 Å². The Labute approximate surface area is 75.6 Å². The van der Waals surface area contributed by atoms with Crippen molar-refractivity contribution in [1.82, 2.24) is 0 Å². The van der Waals surface area contributed by atoms with E-state index in [9.17, 15) is 4.39 Å². The van der Waals surface area contributed by atoms with Crippen LogP contribution in [0.4, 0.5) is 10.1 Å². The molecule has 1 rings (SSSR count). The van der Waals surface area contributed by atoms with Crippen molar-refractivity contribution >= 4 is 23.0 Å². The summed E-state index contributed by atoms with van der Waals surface area (Å²) in [5, 5.41) is 2.78. The molecule has 1 aromatic carbocycles. The van der Waals surface area contributed by atoms with Gasteiger partial charge in [0.2, 0.25) is 0 Å². The standard InChI is InChI=1S/C8H9FN2S/c1-5-2-3-6(4-7(5)9)11-8(10)12/h2-4H,1H3,(H3,10,11,12). The molecular weight excluding hydrogens is 175 g/mol. The van der Waals surface area contributed by atoms with Gasteiger partial charge in [-0.2, -0.15) is 0 Å². The van der Waals surface area contributed by atoms with E-state index in [-0.39, 0.29) is 10.9 Å². The normalized spacial score (nSPS) is 9.50. The van der Waals surface area contributed by atoms with Gasteiger partial charge in [0.05, 0.1) is 0 Å². The minimum Gasteiger partial charge on any atom is -0.376 e. The number of anilines is 1. The maximum absolute atomic E-state index is 12.9. The summed E-state index contributed by atoms with van der Waals surface area (Å²) in [5.41, 5.74) is 6.39. The van der Waals surface area contributed by atoms with Gasteiger partial charge in [0.15, 0.2) is 5.11 Å². The summed E-state index contributed by atoms with van der Waals surface area (Å²) < 4.78 is 12.9. The van der Waals surface area contributed by atoms with Gasteiger partial charge >= 0.3 is 0 Å². The monoisotopic (exact) mass is 184 g/mol. The highest BCUT2D eigenvalue weighted by molar-refractivity contribution is 7.80. The third-order valence-electron chi connectivity index (χ3n) is 1.44. The molecule has 0 aromatic heterocycles. The van der Waals surface area contributed by atoms with Crippen LogP contribution in [0.1, 0.15) is 5.56 Å². The molecule has 3 N–H and O–H groups in total. The molecule has 0 atom stereocenters. The van der Waals surface area contributed by atoms with Crippen LogP contribution < -0.4 is 11.1 Å². The summed E-state index contributed by atoms with van der Waals surface area (Å²) in [6.45, 7) is 1.69. The molecule has 64 valence electrons. The molecule has 0 saturated carbocycles. The fourth-order valence-electron chi connectivity index (χ4n) is 0.813. The van der Waals surface area contributed by atoms with E-state index in [0.29, 0.717) is 11.3 Å². The SMILES string of the molecule is Cc1ccc(NC(N)=S)cc1F. The molecule has 0 aliphatic carbocycles. The van der Waals surface area contributed by atoms with Crippen LogP contribution in [0.3, 0.4) is 0 Å². The summed E-state index contributed by atoms with van der Waals surface area (Å²) in [4.78, 5) is 0. The fourth-order valence-corrected chi connectivity index (χ4v) is 0.931. The highest BCUT2D eigenvalue weighted by Gasteiger charge is 1.98. The lowest BCUT2D eigenvalue weighted by Crippen LogP contribution is -2.18. The maximum atomic E-state index is 12.9. The lowest BCUT2D eigenvalue weighted by molar-refractivity contribution is 0.619. The van der Waals surface area contributed by atoms with Crippen LogP contribution in [-0.2, 0) is 0 Å². The highest BCUT2D eigenvalue weighted by Crippen LogP contribution is 2.12. The van der Waals surface area contributed by atoms with Crippen LogP contribution in [0.5, 0.6) is 0 Å². The average molecular weight is 184 g/mol. The fraction of sp³-hybridized carbons (Fsp3) is 0.125. The minimum absolute atomic E-state index is 0.137. The van der Waals surface area contributed by atoms with Gasteiger partial charge in [-0.25, -0.2) is 4.39 Å². The van der Waals surface area contributed by atoms with E-state index in [4.69, 9.17) is 5.73 Å². The number of benzene rings is 1. The Morgan fingerprint density at radius 2 is 2.25 bits per heavy atom. The predicted molar refractivity (Wildman–Crippen MR) is 51.5 cm³/mol. The van der Waals surface area contributed by atoms with Gasteiger partial charge in [-0.05, 0) is 36.8 Å². The van der Waals surface area contributed by atoms with Gasteiger partial charge in [0.1, 0.15) is 5.82 Å². The Balaban J connectivity index is 2.89.